The van der Waals surface area contributed by atoms with Crippen molar-refractivity contribution >= 4 is 5.91 Å². The number of amides is 1. The van der Waals surface area contributed by atoms with Gasteiger partial charge in [-0.3, -0.25) is 4.79 Å². The van der Waals surface area contributed by atoms with Gasteiger partial charge in [0.2, 0.25) is 5.91 Å². The predicted octanol–water partition coefficient (Wildman–Crippen LogP) is 1.45. The number of rotatable bonds is 6. The van der Waals surface area contributed by atoms with Crippen LogP contribution in [0.5, 0.6) is 0 Å². The molecule has 1 amide bonds. The van der Waals surface area contributed by atoms with Crippen LogP contribution in [0.3, 0.4) is 0 Å². The van der Waals surface area contributed by atoms with E-state index < -0.39 is 0 Å². The number of hydrogen-bond donors (Lipinski definition) is 2. The molecule has 1 heterocycles. The molecule has 1 aliphatic heterocycles. The van der Waals surface area contributed by atoms with Crippen molar-refractivity contribution in [1.82, 2.24) is 10.6 Å². The molecule has 0 aromatic carbocycles. The lowest BCUT2D eigenvalue weighted by Gasteiger charge is -2.41. The summed E-state index contributed by atoms with van der Waals surface area (Å²) in [6.45, 7) is 5.25. The molecule has 0 unspecified atom stereocenters. The smallest absolute Gasteiger partial charge is 0.234 e. The van der Waals surface area contributed by atoms with Crippen molar-refractivity contribution < 1.29 is 9.53 Å². The minimum Gasteiger partial charge on any atom is -0.381 e. The minimum atomic E-state index is 0.132. The van der Waals surface area contributed by atoms with Gasteiger partial charge in [0, 0.05) is 25.8 Å². The zero-order valence-corrected chi connectivity index (χ0v) is 11.5. The zero-order valence-electron chi connectivity index (χ0n) is 11.5. The molecule has 0 bridgehead atoms. The first-order chi connectivity index (χ1) is 8.74. The highest BCUT2D eigenvalue weighted by Crippen LogP contribution is 2.42. The number of hydrogen-bond acceptors (Lipinski definition) is 3. The SMILES string of the molecule is CCC1(CNCC(=O)NC2CCOCC2)CCC1. The fraction of sp³-hybridized carbons (Fsp3) is 0.929. The third-order valence-electron chi connectivity index (χ3n) is 4.54. The van der Waals surface area contributed by atoms with Crippen LogP contribution in [-0.2, 0) is 9.53 Å². The van der Waals surface area contributed by atoms with Crippen LogP contribution < -0.4 is 10.6 Å². The fourth-order valence-electron chi connectivity index (χ4n) is 2.89. The van der Waals surface area contributed by atoms with E-state index in [1.54, 1.807) is 0 Å². The Kier molecular flexibility index (Phi) is 5.01. The first-order valence-electron chi connectivity index (χ1n) is 7.32. The van der Waals surface area contributed by atoms with Gasteiger partial charge in [-0.05, 0) is 37.5 Å². The van der Waals surface area contributed by atoms with Crippen LogP contribution in [0.1, 0.15) is 45.4 Å². The molecule has 4 nitrogen and oxygen atoms in total. The number of nitrogens with one attached hydrogen (secondary N) is 2. The average molecular weight is 254 g/mol. The van der Waals surface area contributed by atoms with Crippen LogP contribution >= 0.6 is 0 Å². The summed E-state index contributed by atoms with van der Waals surface area (Å²) in [4.78, 5) is 11.8. The molecule has 1 saturated carbocycles. The average Bonchev–Trinajstić information content (AvgIpc) is 2.34. The lowest BCUT2D eigenvalue weighted by molar-refractivity contribution is -0.121. The maximum absolute atomic E-state index is 11.8. The summed E-state index contributed by atoms with van der Waals surface area (Å²) in [5, 5.41) is 6.40. The molecule has 1 aliphatic carbocycles. The quantitative estimate of drug-likeness (QED) is 0.754. The van der Waals surface area contributed by atoms with Crippen molar-refractivity contribution in [3.8, 4) is 0 Å². The second kappa shape index (κ2) is 6.53. The summed E-state index contributed by atoms with van der Waals surface area (Å²) in [5.74, 6) is 0.132. The van der Waals surface area contributed by atoms with E-state index in [-0.39, 0.29) is 5.91 Å². The van der Waals surface area contributed by atoms with Gasteiger partial charge in [0.1, 0.15) is 0 Å². The maximum Gasteiger partial charge on any atom is 0.234 e. The zero-order chi connectivity index (χ0) is 12.8. The Bertz CT molecular complexity index is 265. The summed E-state index contributed by atoms with van der Waals surface area (Å²) in [5.41, 5.74) is 0.485. The van der Waals surface area contributed by atoms with Gasteiger partial charge < -0.3 is 15.4 Å². The highest BCUT2D eigenvalue weighted by molar-refractivity contribution is 5.78. The number of ether oxygens (including phenoxy) is 1. The molecule has 0 aromatic heterocycles. The molecule has 2 aliphatic rings. The van der Waals surface area contributed by atoms with Crippen molar-refractivity contribution in [3.63, 3.8) is 0 Å². The molecule has 2 N–H and O–H groups in total. The van der Waals surface area contributed by atoms with Crippen molar-refractivity contribution in [2.24, 2.45) is 5.41 Å². The standard InChI is InChI=1S/C14H26N2O2/c1-2-14(6-3-7-14)11-15-10-13(17)16-12-4-8-18-9-5-12/h12,15H,2-11H2,1H3,(H,16,17). The van der Waals surface area contributed by atoms with Gasteiger partial charge in [0.25, 0.3) is 0 Å². The van der Waals surface area contributed by atoms with Crippen LogP contribution in [0.4, 0.5) is 0 Å². The Morgan fingerprint density at radius 3 is 2.61 bits per heavy atom. The molecule has 18 heavy (non-hydrogen) atoms. The van der Waals surface area contributed by atoms with Gasteiger partial charge in [0.15, 0.2) is 0 Å². The van der Waals surface area contributed by atoms with E-state index in [9.17, 15) is 4.79 Å². The van der Waals surface area contributed by atoms with Crippen LogP contribution in [0, 0.1) is 5.41 Å². The monoisotopic (exact) mass is 254 g/mol. The van der Waals surface area contributed by atoms with Crippen LogP contribution in [0.25, 0.3) is 0 Å². The topological polar surface area (TPSA) is 50.4 Å². The van der Waals surface area contributed by atoms with Crippen molar-refractivity contribution in [3.05, 3.63) is 0 Å². The summed E-state index contributed by atoms with van der Waals surface area (Å²) in [6.07, 6.45) is 7.11. The van der Waals surface area contributed by atoms with Gasteiger partial charge >= 0.3 is 0 Å². The first-order valence-corrected chi connectivity index (χ1v) is 7.32. The van der Waals surface area contributed by atoms with Crippen molar-refractivity contribution in [2.45, 2.75) is 51.5 Å². The van der Waals surface area contributed by atoms with Gasteiger partial charge in [-0.25, -0.2) is 0 Å². The third kappa shape index (κ3) is 3.69. The second-order valence-electron chi connectivity index (χ2n) is 5.76. The van der Waals surface area contributed by atoms with E-state index in [4.69, 9.17) is 4.74 Å². The molecule has 1 saturated heterocycles. The summed E-state index contributed by atoms with van der Waals surface area (Å²) in [7, 11) is 0. The van der Waals surface area contributed by atoms with Crippen LogP contribution in [-0.4, -0.2) is 38.3 Å². The predicted molar refractivity (Wildman–Crippen MR) is 71.4 cm³/mol. The summed E-state index contributed by atoms with van der Waals surface area (Å²) in [6, 6.07) is 0.317. The molecule has 104 valence electrons. The Hall–Kier alpha value is -0.610. The fourth-order valence-corrected chi connectivity index (χ4v) is 2.89. The van der Waals surface area contributed by atoms with Gasteiger partial charge in [-0.1, -0.05) is 13.3 Å². The molecule has 2 rings (SSSR count). The van der Waals surface area contributed by atoms with Gasteiger partial charge in [-0.15, -0.1) is 0 Å². The molecule has 0 atom stereocenters. The summed E-state index contributed by atoms with van der Waals surface area (Å²) >= 11 is 0. The van der Waals surface area contributed by atoms with Crippen molar-refractivity contribution in [2.75, 3.05) is 26.3 Å². The van der Waals surface area contributed by atoms with E-state index in [0.717, 1.165) is 32.6 Å². The minimum absolute atomic E-state index is 0.132. The van der Waals surface area contributed by atoms with E-state index in [2.05, 4.69) is 17.6 Å². The van der Waals surface area contributed by atoms with Crippen molar-refractivity contribution in [1.29, 1.82) is 0 Å². The van der Waals surface area contributed by atoms with Crippen LogP contribution in [0.15, 0.2) is 0 Å². The Morgan fingerprint density at radius 2 is 2.06 bits per heavy atom. The van der Waals surface area contributed by atoms with Crippen LogP contribution in [0.2, 0.25) is 0 Å². The highest BCUT2D eigenvalue weighted by atomic mass is 16.5. The Balaban J connectivity index is 1.59. The molecular weight excluding hydrogens is 228 g/mol. The summed E-state index contributed by atoms with van der Waals surface area (Å²) < 4.78 is 5.28. The third-order valence-corrected chi connectivity index (χ3v) is 4.54. The molecule has 4 heteroatoms. The van der Waals surface area contributed by atoms with E-state index in [1.807, 2.05) is 0 Å². The van der Waals surface area contributed by atoms with Gasteiger partial charge in [0.05, 0.1) is 6.54 Å². The molecule has 2 fully saturated rings. The number of carbonyl (C=O) groups is 1. The molecule has 0 aromatic rings. The van der Waals surface area contributed by atoms with E-state index in [1.165, 1.54) is 25.7 Å². The molecule has 0 radical (unpaired) electrons. The molecule has 0 spiro atoms. The lowest BCUT2D eigenvalue weighted by atomic mass is 9.67. The van der Waals surface area contributed by atoms with Gasteiger partial charge in [-0.2, -0.15) is 0 Å². The van der Waals surface area contributed by atoms with E-state index >= 15 is 0 Å². The molecular formula is C14H26N2O2. The Labute approximate surface area is 110 Å². The number of carbonyl (C=O) groups excluding carboxylic acids is 1. The Morgan fingerprint density at radius 1 is 1.33 bits per heavy atom. The maximum atomic E-state index is 11.8. The highest BCUT2D eigenvalue weighted by Gasteiger charge is 2.34. The second-order valence-corrected chi connectivity index (χ2v) is 5.76. The lowest BCUT2D eigenvalue weighted by Crippen LogP contribution is -2.46. The van der Waals surface area contributed by atoms with E-state index in [0.29, 0.717) is 18.0 Å². The first kappa shape index (κ1) is 13.8. The largest absolute Gasteiger partial charge is 0.381 e. The normalized spacial score (nSPS) is 23.4.